The van der Waals surface area contributed by atoms with Gasteiger partial charge in [0.05, 0.1) is 74.3 Å². The lowest BCUT2D eigenvalue weighted by molar-refractivity contribution is -0.393. The molecule has 0 aliphatic heterocycles. The number of nitro benzene ring substituents is 2. The topological polar surface area (TPSA) is 253 Å². The van der Waals surface area contributed by atoms with Crippen molar-refractivity contribution in [2.24, 2.45) is 0 Å². The molecule has 0 fully saturated rings. The van der Waals surface area contributed by atoms with Gasteiger partial charge in [0.1, 0.15) is 11.4 Å². The Morgan fingerprint density at radius 2 is 1.38 bits per heavy atom. The SMILES string of the molecule is O=C(CCOCCOCCOCCOCCNc1ccc([N+](=O)[O-])cc1[N+](=O)[O-])NCCCNC(=O)c1cccc2c(Oc3ccc(C(=O)O)cn3)cccc12. The van der Waals surface area contributed by atoms with Crippen LogP contribution in [0, 0.1) is 20.2 Å². The number of aromatic nitrogens is 1. The van der Waals surface area contributed by atoms with E-state index in [1.165, 1.54) is 30.5 Å². The van der Waals surface area contributed by atoms with Gasteiger partial charge in [0, 0.05) is 55.3 Å². The van der Waals surface area contributed by atoms with Crippen molar-refractivity contribution in [2.75, 3.05) is 77.8 Å². The summed E-state index contributed by atoms with van der Waals surface area (Å²) < 4.78 is 27.6. The van der Waals surface area contributed by atoms with Gasteiger partial charge in [-0.25, -0.2) is 9.78 Å². The molecule has 19 nitrogen and oxygen atoms in total. The molecule has 1 heterocycles. The second kappa shape index (κ2) is 22.8. The van der Waals surface area contributed by atoms with Crippen LogP contribution in [-0.4, -0.2) is 110 Å². The normalized spacial score (nSPS) is 10.9. The van der Waals surface area contributed by atoms with Crippen molar-refractivity contribution in [1.29, 1.82) is 0 Å². The first kappa shape index (κ1) is 42.5. The molecule has 4 rings (SSSR count). The lowest BCUT2D eigenvalue weighted by atomic mass is 10.0. The van der Waals surface area contributed by atoms with Crippen LogP contribution in [0.1, 0.15) is 33.6 Å². The molecule has 0 unspecified atom stereocenters. The zero-order chi connectivity index (χ0) is 40.1. The number of benzene rings is 3. The molecule has 0 bridgehead atoms. The van der Waals surface area contributed by atoms with Gasteiger partial charge in [-0.05, 0) is 36.1 Å². The molecule has 19 heteroatoms. The van der Waals surface area contributed by atoms with Gasteiger partial charge in [-0.1, -0.05) is 24.3 Å². The van der Waals surface area contributed by atoms with E-state index in [4.69, 9.17) is 28.8 Å². The third-order valence-electron chi connectivity index (χ3n) is 7.83. The Labute approximate surface area is 320 Å². The van der Waals surface area contributed by atoms with E-state index in [-0.39, 0.29) is 66.5 Å². The van der Waals surface area contributed by atoms with Crippen LogP contribution in [0.2, 0.25) is 0 Å². The maximum atomic E-state index is 13.0. The number of carboxylic acids is 1. The molecular formula is C37H42N6O13. The number of hydrogen-bond donors (Lipinski definition) is 4. The zero-order valence-corrected chi connectivity index (χ0v) is 30.3. The fourth-order valence-electron chi connectivity index (χ4n) is 5.07. The summed E-state index contributed by atoms with van der Waals surface area (Å²) in [7, 11) is 0. The van der Waals surface area contributed by atoms with E-state index in [0.29, 0.717) is 81.2 Å². The van der Waals surface area contributed by atoms with Crippen molar-refractivity contribution in [3.05, 3.63) is 104 Å². The van der Waals surface area contributed by atoms with Crippen molar-refractivity contribution < 1.29 is 53.0 Å². The van der Waals surface area contributed by atoms with E-state index in [9.17, 15) is 34.6 Å². The Kier molecular flexibility index (Phi) is 17.3. The van der Waals surface area contributed by atoms with Crippen molar-refractivity contribution in [3.8, 4) is 11.6 Å². The Bertz CT molecular complexity index is 1940. The van der Waals surface area contributed by atoms with Gasteiger partial charge in [-0.15, -0.1) is 0 Å². The third-order valence-corrected chi connectivity index (χ3v) is 7.83. The molecule has 0 spiro atoms. The summed E-state index contributed by atoms with van der Waals surface area (Å²) in [5.41, 5.74) is -0.102. The number of amides is 2. The molecule has 0 aliphatic carbocycles. The van der Waals surface area contributed by atoms with Gasteiger partial charge in [0.2, 0.25) is 11.8 Å². The van der Waals surface area contributed by atoms with Crippen molar-refractivity contribution in [1.82, 2.24) is 15.6 Å². The van der Waals surface area contributed by atoms with E-state index in [2.05, 4.69) is 20.9 Å². The number of nitrogens with zero attached hydrogens (tertiary/aromatic N) is 3. The molecule has 298 valence electrons. The van der Waals surface area contributed by atoms with Gasteiger partial charge in [-0.2, -0.15) is 0 Å². The van der Waals surface area contributed by atoms with E-state index in [0.717, 1.165) is 6.07 Å². The molecular weight excluding hydrogens is 736 g/mol. The van der Waals surface area contributed by atoms with Crippen LogP contribution < -0.4 is 20.7 Å². The molecule has 2 amide bonds. The Morgan fingerprint density at radius 1 is 0.714 bits per heavy atom. The lowest BCUT2D eigenvalue weighted by Crippen LogP contribution is -2.30. The molecule has 4 N–H and O–H groups in total. The number of carbonyl (C=O) groups is 3. The Balaban J connectivity index is 0.974. The number of pyridine rings is 1. The molecule has 56 heavy (non-hydrogen) atoms. The number of nitro groups is 2. The smallest absolute Gasteiger partial charge is 0.337 e. The molecule has 1 aromatic heterocycles. The van der Waals surface area contributed by atoms with Crippen LogP contribution in [0.4, 0.5) is 17.1 Å². The molecule has 4 aromatic rings. The number of fused-ring (bicyclic) bond motifs is 1. The van der Waals surface area contributed by atoms with Gasteiger partial charge in [-0.3, -0.25) is 29.8 Å². The van der Waals surface area contributed by atoms with Gasteiger partial charge < -0.3 is 44.7 Å². The monoisotopic (exact) mass is 778 g/mol. The first-order valence-electron chi connectivity index (χ1n) is 17.6. The number of ether oxygens (including phenoxy) is 5. The Morgan fingerprint density at radius 3 is 2.04 bits per heavy atom. The summed E-state index contributed by atoms with van der Waals surface area (Å²) >= 11 is 0. The number of carboxylic acid groups (broad SMARTS) is 1. The summed E-state index contributed by atoms with van der Waals surface area (Å²) in [5, 5.41) is 40.9. The zero-order valence-electron chi connectivity index (χ0n) is 30.3. The maximum absolute atomic E-state index is 13.0. The molecule has 0 saturated carbocycles. The molecule has 0 aliphatic rings. The van der Waals surface area contributed by atoms with Gasteiger partial charge in [0.25, 0.3) is 17.3 Å². The van der Waals surface area contributed by atoms with Crippen molar-refractivity contribution in [2.45, 2.75) is 12.8 Å². The van der Waals surface area contributed by atoms with Crippen LogP contribution in [0.15, 0.2) is 72.9 Å². The molecule has 0 saturated heterocycles. The predicted molar refractivity (Wildman–Crippen MR) is 201 cm³/mol. The number of non-ortho nitro benzene ring substituents is 1. The fraction of sp³-hybridized carbons (Fsp3) is 0.351. The van der Waals surface area contributed by atoms with E-state index < -0.39 is 15.8 Å². The van der Waals surface area contributed by atoms with Crippen LogP contribution in [0.5, 0.6) is 11.6 Å². The largest absolute Gasteiger partial charge is 0.478 e. The summed E-state index contributed by atoms with van der Waals surface area (Å²) in [6.07, 6.45) is 1.90. The molecule has 0 radical (unpaired) electrons. The summed E-state index contributed by atoms with van der Waals surface area (Å²) in [6.45, 7) is 3.35. The van der Waals surface area contributed by atoms with Crippen LogP contribution >= 0.6 is 0 Å². The number of aromatic carboxylic acids is 1. The quantitative estimate of drug-likeness (QED) is 0.0393. The minimum absolute atomic E-state index is 0.0389. The standard InChI is InChI=1S/C37H42N6O13/c44-34(12-16-52-18-20-54-22-23-55-21-19-53-17-15-38-31-10-9-27(42(48)49)24-32(31)43(50)51)39-13-3-14-40-36(45)30-6-1-5-29-28(30)4-2-7-33(29)56-35-11-8-26(25-41-35)37(46)47/h1-2,4-11,24-25,38H,3,12-23H2,(H,39,44)(H,40,45)(H,46,47). The first-order chi connectivity index (χ1) is 27.1. The minimum atomic E-state index is -1.09. The lowest BCUT2D eigenvalue weighted by Gasteiger charge is -2.12. The first-order valence-corrected chi connectivity index (χ1v) is 17.6. The summed E-state index contributed by atoms with van der Waals surface area (Å²) in [4.78, 5) is 60.9. The second-order valence-electron chi connectivity index (χ2n) is 11.8. The van der Waals surface area contributed by atoms with E-state index >= 15 is 0 Å². The minimum Gasteiger partial charge on any atom is -0.478 e. The number of rotatable bonds is 26. The van der Waals surface area contributed by atoms with Crippen LogP contribution in [0.3, 0.4) is 0 Å². The van der Waals surface area contributed by atoms with E-state index in [1.807, 2.05) is 6.07 Å². The fourth-order valence-corrected chi connectivity index (χ4v) is 5.07. The maximum Gasteiger partial charge on any atom is 0.337 e. The molecule has 3 aromatic carbocycles. The number of anilines is 1. The number of carbonyl (C=O) groups excluding carboxylic acids is 2. The highest BCUT2D eigenvalue weighted by atomic mass is 16.6. The highest BCUT2D eigenvalue weighted by Gasteiger charge is 2.19. The highest BCUT2D eigenvalue weighted by molar-refractivity contribution is 6.08. The second-order valence-corrected chi connectivity index (χ2v) is 11.8. The Hall–Kier alpha value is -6.28. The van der Waals surface area contributed by atoms with E-state index in [1.54, 1.807) is 30.3 Å². The number of nitrogens with one attached hydrogen (secondary N) is 3. The van der Waals surface area contributed by atoms with Crippen molar-refractivity contribution >= 4 is 45.6 Å². The average Bonchev–Trinajstić information content (AvgIpc) is 3.19. The number of hydrogen-bond acceptors (Lipinski definition) is 14. The third kappa shape index (κ3) is 13.9. The highest BCUT2D eigenvalue weighted by Crippen LogP contribution is 2.31. The van der Waals surface area contributed by atoms with Crippen LogP contribution in [-0.2, 0) is 23.7 Å². The summed E-state index contributed by atoms with van der Waals surface area (Å²) in [5.74, 6) is -0.866. The molecule has 0 atom stereocenters. The van der Waals surface area contributed by atoms with Gasteiger partial charge >= 0.3 is 5.97 Å². The van der Waals surface area contributed by atoms with Crippen LogP contribution in [0.25, 0.3) is 10.8 Å². The van der Waals surface area contributed by atoms with Crippen molar-refractivity contribution in [3.63, 3.8) is 0 Å². The summed E-state index contributed by atoms with van der Waals surface area (Å²) in [6, 6.07) is 16.8. The average molecular weight is 779 g/mol. The van der Waals surface area contributed by atoms with Gasteiger partial charge in [0.15, 0.2) is 0 Å². The predicted octanol–water partition coefficient (Wildman–Crippen LogP) is 4.35.